The zero-order valence-electron chi connectivity index (χ0n) is 10.7. The topological polar surface area (TPSA) is 56.6 Å². The van der Waals surface area contributed by atoms with Crippen molar-refractivity contribution in [3.63, 3.8) is 0 Å². The Labute approximate surface area is 139 Å². The number of nitriles is 1. The van der Waals surface area contributed by atoms with E-state index in [0.29, 0.717) is 21.7 Å². The van der Waals surface area contributed by atoms with Crippen LogP contribution in [-0.2, 0) is 0 Å². The number of aromatic amines is 1. The van der Waals surface area contributed by atoms with Gasteiger partial charge in [-0.2, -0.15) is 5.26 Å². The number of aromatic nitrogens is 1. The molecule has 0 atom stereocenters. The Morgan fingerprint density at radius 2 is 2.00 bits per heavy atom. The molecule has 0 fully saturated rings. The summed E-state index contributed by atoms with van der Waals surface area (Å²) >= 11 is 8.09. The molecule has 0 amide bonds. The highest BCUT2D eigenvalue weighted by Crippen LogP contribution is 2.26. The molecule has 0 unspecified atom stereocenters. The Balaban J connectivity index is 2.18. The summed E-state index contributed by atoms with van der Waals surface area (Å²) in [6.45, 7) is 0. The highest BCUT2D eigenvalue weighted by Gasteiger charge is 2.17. The molecule has 0 saturated carbocycles. The number of rotatable bonds is 2. The molecule has 0 spiro atoms. The summed E-state index contributed by atoms with van der Waals surface area (Å²) < 4.78 is 0.841. The molecule has 2 aromatic carbocycles. The van der Waals surface area contributed by atoms with Gasteiger partial charge in [-0.15, -0.1) is 0 Å². The first-order chi connectivity index (χ1) is 10.1. The van der Waals surface area contributed by atoms with Crippen molar-refractivity contribution in [2.75, 3.05) is 0 Å². The number of H-pyrrole nitrogens is 1. The molecule has 21 heavy (non-hydrogen) atoms. The van der Waals surface area contributed by atoms with E-state index in [4.69, 9.17) is 16.9 Å². The van der Waals surface area contributed by atoms with Crippen LogP contribution in [0.4, 0.5) is 0 Å². The Bertz CT molecular complexity index is 908. The zero-order chi connectivity index (χ0) is 15.0. The van der Waals surface area contributed by atoms with E-state index in [2.05, 4.69) is 33.6 Å². The largest absolute Gasteiger partial charge is 0.360 e. The fraction of sp³-hybridized carbons (Fsp3) is 0. The number of carbonyl (C=O) groups excluding carboxylic acids is 1. The minimum Gasteiger partial charge on any atom is -0.360 e. The minimum absolute atomic E-state index is 0.108. The predicted octanol–water partition coefficient (Wildman–Crippen LogP) is 4.53. The van der Waals surface area contributed by atoms with E-state index in [1.807, 2.05) is 6.07 Å². The molecule has 5 heteroatoms. The van der Waals surface area contributed by atoms with Crippen LogP contribution in [0.25, 0.3) is 10.9 Å². The molecule has 0 aliphatic heterocycles. The van der Waals surface area contributed by atoms with Gasteiger partial charge in [0.25, 0.3) is 0 Å². The monoisotopic (exact) mass is 406 g/mol. The Morgan fingerprint density at radius 3 is 2.76 bits per heavy atom. The molecule has 0 aliphatic rings. The molecule has 1 N–H and O–H groups in total. The maximum absolute atomic E-state index is 12.7. The van der Waals surface area contributed by atoms with E-state index >= 15 is 0 Å². The van der Waals surface area contributed by atoms with Gasteiger partial charge in [0.05, 0.1) is 11.6 Å². The van der Waals surface area contributed by atoms with Crippen LogP contribution in [0.5, 0.6) is 0 Å². The van der Waals surface area contributed by atoms with E-state index in [1.165, 1.54) is 0 Å². The van der Waals surface area contributed by atoms with Gasteiger partial charge >= 0.3 is 0 Å². The van der Waals surface area contributed by atoms with Gasteiger partial charge in [-0.1, -0.05) is 11.6 Å². The molecular formula is C16H8ClIN2O. The second-order valence-corrected chi connectivity index (χ2v) is 6.13. The smallest absolute Gasteiger partial charge is 0.196 e. The number of nitrogens with one attached hydrogen (secondary N) is 1. The summed E-state index contributed by atoms with van der Waals surface area (Å²) in [6.07, 6.45) is 1.67. The number of hydrogen-bond acceptors (Lipinski definition) is 2. The maximum Gasteiger partial charge on any atom is 0.196 e. The van der Waals surface area contributed by atoms with Crippen LogP contribution in [0.1, 0.15) is 21.5 Å². The number of carbonyl (C=O) groups is 1. The van der Waals surface area contributed by atoms with Crippen molar-refractivity contribution >= 4 is 50.9 Å². The number of hydrogen-bond donors (Lipinski definition) is 1. The lowest BCUT2D eigenvalue weighted by molar-refractivity contribution is 0.103. The van der Waals surface area contributed by atoms with Gasteiger partial charge in [0.15, 0.2) is 5.78 Å². The summed E-state index contributed by atoms with van der Waals surface area (Å²) in [6, 6.07) is 12.6. The number of nitrogens with zero attached hydrogens (tertiary/aromatic N) is 1. The van der Waals surface area contributed by atoms with E-state index < -0.39 is 0 Å². The van der Waals surface area contributed by atoms with Gasteiger partial charge in [0, 0.05) is 36.8 Å². The number of fused-ring (bicyclic) bond motifs is 1. The molecule has 0 aliphatic carbocycles. The summed E-state index contributed by atoms with van der Waals surface area (Å²) in [5, 5.41) is 10.3. The summed E-state index contributed by atoms with van der Waals surface area (Å²) in [7, 11) is 0. The molecule has 0 radical (unpaired) electrons. The first-order valence-electron chi connectivity index (χ1n) is 6.11. The zero-order valence-corrected chi connectivity index (χ0v) is 13.6. The average Bonchev–Trinajstić information content (AvgIpc) is 2.91. The standard InChI is InChI=1S/C16H8ClIN2O/c17-10-2-3-14(18)12(6-10)16(21)13-8-20-15-4-1-9(7-19)5-11(13)15/h1-6,8,20H. The quantitative estimate of drug-likeness (QED) is 0.502. The number of benzene rings is 2. The molecule has 0 saturated heterocycles. The third kappa shape index (κ3) is 2.55. The molecule has 3 nitrogen and oxygen atoms in total. The van der Waals surface area contributed by atoms with Crippen LogP contribution in [0, 0.1) is 14.9 Å². The Kier molecular flexibility index (Phi) is 3.70. The number of ketones is 1. The van der Waals surface area contributed by atoms with Crippen LogP contribution in [0.15, 0.2) is 42.6 Å². The maximum atomic E-state index is 12.7. The highest BCUT2D eigenvalue weighted by molar-refractivity contribution is 14.1. The minimum atomic E-state index is -0.108. The average molecular weight is 407 g/mol. The third-order valence-corrected chi connectivity index (χ3v) is 4.40. The highest BCUT2D eigenvalue weighted by atomic mass is 127. The second kappa shape index (κ2) is 5.51. The first kappa shape index (κ1) is 14.1. The molecule has 3 aromatic rings. The van der Waals surface area contributed by atoms with Crippen LogP contribution < -0.4 is 0 Å². The van der Waals surface area contributed by atoms with Crippen LogP contribution >= 0.6 is 34.2 Å². The van der Waals surface area contributed by atoms with Crippen molar-refractivity contribution in [2.24, 2.45) is 0 Å². The summed E-state index contributed by atoms with van der Waals surface area (Å²) in [4.78, 5) is 15.8. The molecule has 1 heterocycles. The van der Waals surface area contributed by atoms with Crippen molar-refractivity contribution in [1.29, 1.82) is 5.26 Å². The Hall–Kier alpha value is -1.84. The third-order valence-electron chi connectivity index (χ3n) is 3.23. The van der Waals surface area contributed by atoms with Gasteiger partial charge in [-0.3, -0.25) is 4.79 Å². The SMILES string of the molecule is N#Cc1ccc2[nH]cc(C(=O)c3cc(Cl)ccc3I)c2c1. The van der Waals surface area contributed by atoms with Crippen LogP contribution in [0.3, 0.4) is 0 Å². The van der Waals surface area contributed by atoms with Crippen molar-refractivity contribution in [3.05, 3.63) is 67.9 Å². The van der Waals surface area contributed by atoms with Crippen molar-refractivity contribution in [2.45, 2.75) is 0 Å². The van der Waals surface area contributed by atoms with Crippen molar-refractivity contribution in [3.8, 4) is 6.07 Å². The first-order valence-corrected chi connectivity index (χ1v) is 7.57. The van der Waals surface area contributed by atoms with Gasteiger partial charge < -0.3 is 4.98 Å². The Morgan fingerprint density at radius 1 is 1.19 bits per heavy atom. The van der Waals surface area contributed by atoms with E-state index in [0.717, 1.165) is 14.5 Å². The fourth-order valence-corrected chi connectivity index (χ4v) is 2.95. The normalized spacial score (nSPS) is 10.5. The van der Waals surface area contributed by atoms with Crippen molar-refractivity contribution < 1.29 is 4.79 Å². The van der Waals surface area contributed by atoms with E-state index in [1.54, 1.807) is 36.5 Å². The van der Waals surface area contributed by atoms with E-state index in [9.17, 15) is 4.79 Å². The van der Waals surface area contributed by atoms with Crippen molar-refractivity contribution in [1.82, 2.24) is 4.98 Å². The summed E-state index contributed by atoms with van der Waals surface area (Å²) in [5.41, 5.74) is 2.46. The lowest BCUT2D eigenvalue weighted by atomic mass is 10.0. The summed E-state index contributed by atoms with van der Waals surface area (Å²) in [5.74, 6) is -0.108. The number of halogens is 2. The molecule has 3 rings (SSSR count). The molecule has 0 bridgehead atoms. The molecule has 1 aromatic heterocycles. The lowest BCUT2D eigenvalue weighted by Gasteiger charge is -2.04. The second-order valence-electron chi connectivity index (χ2n) is 4.53. The molecule has 102 valence electrons. The predicted molar refractivity (Wildman–Crippen MR) is 90.6 cm³/mol. The van der Waals surface area contributed by atoms with Gasteiger partial charge in [-0.25, -0.2) is 0 Å². The van der Waals surface area contributed by atoms with Gasteiger partial charge in [-0.05, 0) is 59.0 Å². The van der Waals surface area contributed by atoms with Gasteiger partial charge in [0.2, 0.25) is 0 Å². The molecular weight excluding hydrogens is 399 g/mol. The van der Waals surface area contributed by atoms with Crippen LogP contribution in [0.2, 0.25) is 5.02 Å². The van der Waals surface area contributed by atoms with E-state index in [-0.39, 0.29) is 5.78 Å². The van der Waals surface area contributed by atoms with Crippen LogP contribution in [-0.4, -0.2) is 10.8 Å². The van der Waals surface area contributed by atoms with Gasteiger partial charge in [0.1, 0.15) is 0 Å². The lowest BCUT2D eigenvalue weighted by Crippen LogP contribution is -2.03. The fourth-order valence-electron chi connectivity index (χ4n) is 2.19.